The van der Waals surface area contributed by atoms with Gasteiger partial charge in [0.05, 0.1) is 38.1 Å². The maximum Gasteiger partial charge on any atom is 0.0781 e. The van der Waals surface area contributed by atoms with Gasteiger partial charge in [-0.1, -0.05) is 32.6 Å². The van der Waals surface area contributed by atoms with Crippen molar-refractivity contribution in [3.63, 3.8) is 0 Å². The SMILES string of the molecule is CCCCCCCOC(C)COC(C)COC(C)CO. The summed E-state index contributed by atoms with van der Waals surface area (Å²) >= 11 is 0. The third kappa shape index (κ3) is 12.9. The van der Waals surface area contributed by atoms with E-state index in [9.17, 15) is 0 Å². The number of aliphatic hydroxyl groups is 1. The van der Waals surface area contributed by atoms with Crippen LogP contribution in [0, 0.1) is 0 Å². The van der Waals surface area contributed by atoms with E-state index in [1.807, 2.05) is 20.8 Å². The summed E-state index contributed by atoms with van der Waals surface area (Å²) in [5, 5.41) is 8.85. The van der Waals surface area contributed by atoms with Crippen LogP contribution in [-0.2, 0) is 14.2 Å². The van der Waals surface area contributed by atoms with Crippen LogP contribution in [0.4, 0.5) is 0 Å². The van der Waals surface area contributed by atoms with Crippen molar-refractivity contribution in [3.8, 4) is 0 Å². The van der Waals surface area contributed by atoms with Gasteiger partial charge >= 0.3 is 0 Å². The molecule has 0 aliphatic heterocycles. The van der Waals surface area contributed by atoms with Gasteiger partial charge in [-0.2, -0.15) is 0 Å². The topological polar surface area (TPSA) is 47.9 Å². The summed E-state index contributed by atoms with van der Waals surface area (Å²) in [6, 6.07) is 0. The highest BCUT2D eigenvalue weighted by molar-refractivity contribution is 4.55. The Balaban J connectivity index is 3.40. The highest BCUT2D eigenvalue weighted by Gasteiger charge is 2.09. The summed E-state index contributed by atoms with van der Waals surface area (Å²) in [5.74, 6) is 0. The average molecular weight is 290 g/mol. The number of hydrogen-bond donors (Lipinski definition) is 1. The molecule has 4 heteroatoms. The van der Waals surface area contributed by atoms with E-state index in [1.165, 1.54) is 25.7 Å². The molecule has 0 saturated carbocycles. The molecule has 0 saturated heterocycles. The maximum atomic E-state index is 8.85. The largest absolute Gasteiger partial charge is 0.394 e. The summed E-state index contributed by atoms with van der Waals surface area (Å²) in [5.41, 5.74) is 0. The molecule has 0 bridgehead atoms. The molecule has 0 aliphatic carbocycles. The Morgan fingerprint density at radius 2 is 1.30 bits per heavy atom. The molecule has 0 amide bonds. The molecule has 0 aromatic heterocycles. The minimum Gasteiger partial charge on any atom is -0.394 e. The van der Waals surface area contributed by atoms with Crippen molar-refractivity contribution in [2.75, 3.05) is 26.4 Å². The summed E-state index contributed by atoms with van der Waals surface area (Å²) in [6.07, 6.45) is 6.32. The number of unbranched alkanes of at least 4 members (excludes halogenated alkanes) is 4. The molecule has 1 N–H and O–H groups in total. The zero-order chi connectivity index (χ0) is 15.2. The van der Waals surface area contributed by atoms with Crippen molar-refractivity contribution in [1.29, 1.82) is 0 Å². The fourth-order valence-electron chi connectivity index (χ4n) is 1.74. The van der Waals surface area contributed by atoms with Gasteiger partial charge in [0.25, 0.3) is 0 Å². The molecule has 0 rings (SSSR count). The minimum absolute atomic E-state index is 0.0274. The van der Waals surface area contributed by atoms with Crippen molar-refractivity contribution < 1.29 is 19.3 Å². The average Bonchev–Trinajstić information content (AvgIpc) is 2.46. The quantitative estimate of drug-likeness (QED) is 0.499. The van der Waals surface area contributed by atoms with Crippen LogP contribution in [0.5, 0.6) is 0 Å². The fraction of sp³-hybridized carbons (Fsp3) is 1.00. The molecule has 0 heterocycles. The Hall–Kier alpha value is -0.160. The molecule has 122 valence electrons. The Labute approximate surface area is 124 Å². The third-order valence-electron chi connectivity index (χ3n) is 3.14. The highest BCUT2D eigenvalue weighted by atomic mass is 16.6. The monoisotopic (exact) mass is 290 g/mol. The summed E-state index contributed by atoms with van der Waals surface area (Å²) in [4.78, 5) is 0. The lowest BCUT2D eigenvalue weighted by Crippen LogP contribution is -2.26. The minimum atomic E-state index is -0.127. The molecule has 20 heavy (non-hydrogen) atoms. The highest BCUT2D eigenvalue weighted by Crippen LogP contribution is 2.04. The molecule has 0 fully saturated rings. The van der Waals surface area contributed by atoms with Gasteiger partial charge in [-0.15, -0.1) is 0 Å². The molecule has 0 spiro atoms. The molecular formula is C16H34O4. The normalized spacial score (nSPS) is 16.1. The van der Waals surface area contributed by atoms with E-state index in [0.717, 1.165) is 13.0 Å². The van der Waals surface area contributed by atoms with E-state index in [0.29, 0.717) is 13.2 Å². The van der Waals surface area contributed by atoms with Crippen molar-refractivity contribution >= 4 is 0 Å². The number of rotatable bonds is 14. The Bertz CT molecular complexity index is 199. The first-order valence-electron chi connectivity index (χ1n) is 8.05. The first kappa shape index (κ1) is 19.8. The summed E-state index contributed by atoms with van der Waals surface area (Å²) < 4.78 is 16.8. The first-order valence-corrected chi connectivity index (χ1v) is 8.05. The van der Waals surface area contributed by atoms with Gasteiger partial charge in [0.15, 0.2) is 0 Å². The second kappa shape index (κ2) is 13.8. The van der Waals surface area contributed by atoms with Crippen LogP contribution >= 0.6 is 0 Å². The molecule has 0 aromatic carbocycles. The van der Waals surface area contributed by atoms with E-state index in [-0.39, 0.29) is 24.9 Å². The molecule has 4 nitrogen and oxygen atoms in total. The lowest BCUT2D eigenvalue weighted by Gasteiger charge is -2.19. The summed E-state index contributed by atoms with van der Waals surface area (Å²) in [6.45, 7) is 10.0. The smallest absolute Gasteiger partial charge is 0.0781 e. The van der Waals surface area contributed by atoms with Crippen LogP contribution in [-0.4, -0.2) is 49.8 Å². The lowest BCUT2D eigenvalue weighted by molar-refractivity contribution is -0.0746. The van der Waals surface area contributed by atoms with Crippen LogP contribution in [0.25, 0.3) is 0 Å². The van der Waals surface area contributed by atoms with Crippen LogP contribution < -0.4 is 0 Å². The molecule has 3 atom stereocenters. The van der Waals surface area contributed by atoms with Gasteiger partial charge in [-0.05, 0) is 27.2 Å². The van der Waals surface area contributed by atoms with Crippen LogP contribution in [0.2, 0.25) is 0 Å². The Morgan fingerprint density at radius 3 is 1.90 bits per heavy atom. The second-order valence-electron chi connectivity index (χ2n) is 5.57. The van der Waals surface area contributed by atoms with Crippen molar-refractivity contribution in [1.82, 2.24) is 0 Å². The van der Waals surface area contributed by atoms with E-state index in [1.54, 1.807) is 0 Å². The second-order valence-corrected chi connectivity index (χ2v) is 5.57. The van der Waals surface area contributed by atoms with Crippen LogP contribution in [0.1, 0.15) is 59.8 Å². The zero-order valence-electron chi connectivity index (χ0n) is 13.8. The lowest BCUT2D eigenvalue weighted by atomic mass is 10.2. The predicted molar refractivity (Wildman–Crippen MR) is 82.1 cm³/mol. The fourth-order valence-corrected chi connectivity index (χ4v) is 1.74. The standard InChI is InChI=1S/C16H34O4/c1-5-6-7-8-9-10-18-15(3)12-20-16(4)13-19-14(2)11-17/h14-17H,5-13H2,1-4H3. The maximum absolute atomic E-state index is 8.85. The van der Waals surface area contributed by atoms with Crippen molar-refractivity contribution in [3.05, 3.63) is 0 Å². The molecule has 0 aliphatic rings. The molecule has 3 unspecified atom stereocenters. The van der Waals surface area contributed by atoms with E-state index < -0.39 is 0 Å². The number of aliphatic hydroxyl groups excluding tert-OH is 1. The third-order valence-corrected chi connectivity index (χ3v) is 3.14. The van der Waals surface area contributed by atoms with Gasteiger partial charge < -0.3 is 19.3 Å². The van der Waals surface area contributed by atoms with Gasteiger partial charge in [0.1, 0.15) is 0 Å². The number of ether oxygens (including phenoxy) is 3. The first-order chi connectivity index (χ1) is 9.60. The van der Waals surface area contributed by atoms with Gasteiger partial charge in [0, 0.05) is 6.61 Å². The van der Waals surface area contributed by atoms with E-state index in [4.69, 9.17) is 19.3 Å². The molecular weight excluding hydrogens is 256 g/mol. The van der Waals surface area contributed by atoms with Gasteiger partial charge in [0.2, 0.25) is 0 Å². The Kier molecular flexibility index (Phi) is 13.7. The van der Waals surface area contributed by atoms with Crippen molar-refractivity contribution in [2.45, 2.75) is 78.1 Å². The number of hydrogen-bond acceptors (Lipinski definition) is 4. The van der Waals surface area contributed by atoms with Gasteiger partial charge in [-0.25, -0.2) is 0 Å². The molecule has 0 aromatic rings. The van der Waals surface area contributed by atoms with E-state index in [2.05, 4.69) is 6.92 Å². The summed E-state index contributed by atoms with van der Waals surface area (Å²) in [7, 11) is 0. The zero-order valence-corrected chi connectivity index (χ0v) is 13.8. The van der Waals surface area contributed by atoms with E-state index >= 15 is 0 Å². The van der Waals surface area contributed by atoms with Gasteiger partial charge in [-0.3, -0.25) is 0 Å². The molecule has 0 radical (unpaired) electrons. The predicted octanol–water partition coefficient (Wildman–Crippen LogP) is 3.16. The Morgan fingerprint density at radius 1 is 0.750 bits per heavy atom. The van der Waals surface area contributed by atoms with Crippen molar-refractivity contribution in [2.24, 2.45) is 0 Å². The van der Waals surface area contributed by atoms with Crippen LogP contribution in [0.15, 0.2) is 0 Å². The van der Waals surface area contributed by atoms with Crippen LogP contribution in [0.3, 0.4) is 0 Å².